The fraction of sp³-hybridized carbons (Fsp3) is 0.294. The van der Waals surface area contributed by atoms with Crippen LogP contribution in [0.2, 0.25) is 0 Å². The van der Waals surface area contributed by atoms with Gasteiger partial charge in [-0.25, -0.2) is 0 Å². The van der Waals surface area contributed by atoms with Gasteiger partial charge < -0.3 is 5.32 Å². The van der Waals surface area contributed by atoms with Crippen LogP contribution in [-0.4, -0.2) is 6.54 Å². The molecule has 0 bridgehead atoms. The first-order chi connectivity index (χ1) is 8.79. The molecule has 0 atom stereocenters. The molecule has 2 aromatic carbocycles. The molecule has 0 radical (unpaired) electrons. The molecule has 1 N–H and O–H groups in total. The van der Waals surface area contributed by atoms with E-state index in [9.17, 15) is 0 Å². The van der Waals surface area contributed by atoms with Gasteiger partial charge >= 0.3 is 0 Å². The molecule has 0 saturated carbocycles. The van der Waals surface area contributed by atoms with Crippen molar-refractivity contribution in [2.75, 3.05) is 6.54 Å². The molecular weight excluding hydrogens is 218 g/mol. The summed E-state index contributed by atoms with van der Waals surface area (Å²) >= 11 is 0. The lowest BCUT2D eigenvalue weighted by Gasteiger charge is -2.07. The predicted molar refractivity (Wildman–Crippen MR) is 78.6 cm³/mol. The lowest BCUT2D eigenvalue weighted by molar-refractivity contribution is 0.675. The number of rotatable bonds is 5. The van der Waals surface area contributed by atoms with Gasteiger partial charge in [-0.3, -0.25) is 0 Å². The molecule has 0 aliphatic rings. The summed E-state index contributed by atoms with van der Waals surface area (Å²) in [5.41, 5.74) is 5.24. The first-order valence-electron chi connectivity index (χ1n) is 6.66. The van der Waals surface area contributed by atoms with Crippen molar-refractivity contribution >= 4 is 0 Å². The van der Waals surface area contributed by atoms with Gasteiger partial charge in [0.15, 0.2) is 0 Å². The summed E-state index contributed by atoms with van der Waals surface area (Å²) < 4.78 is 0. The number of hydrogen-bond donors (Lipinski definition) is 1. The van der Waals surface area contributed by atoms with Crippen LogP contribution in [0.1, 0.15) is 24.5 Å². The first-order valence-corrected chi connectivity index (χ1v) is 6.66. The minimum Gasteiger partial charge on any atom is -0.313 e. The number of nitrogens with one attached hydrogen (secondary N) is 1. The van der Waals surface area contributed by atoms with E-state index in [-0.39, 0.29) is 0 Å². The summed E-state index contributed by atoms with van der Waals surface area (Å²) in [4.78, 5) is 0. The summed E-state index contributed by atoms with van der Waals surface area (Å²) in [6.45, 7) is 6.34. The predicted octanol–water partition coefficient (Wildman–Crippen LogP) is 4.16. The molecule has 0 aliphatic carbocycles. The topological polar surface area (TPSA) is 12.0 Å². The van der Waals surface area contributed by atoms with Gasteiger partial charge in [0.1, 0.15) is 0 Å². The van der Waals surface area contributed by atoms with E-state index in [0.717, 1.165) is 13.1 Å². The van der Waals surface area contributed by atoms with Gasteiger partial charge in [0.2, 0.25) is 0 Å². The number of hydrogen-bond acceptors (Lipinski definition) is 1. The zero-order valence-electron chi connectivity index (χ0n) is 11.2. The van der Waals surface area contributed by atoms with Crippen LogP contribution >= 0.6 is 0 Å². The Morgan fingerprint density at radius 1 is 0.944 bits per heavy atom. The third-order valence-corrected chi connectivity index (χ3v) is 3.07. The Hall–Kier alpha value is -1.60. The van der Waals surface area contributed by atoms with Gasteiger partial charge in [-0.05, 0) is 42.6 Å². The zero-order chi connectivity index (χ0) is 12.8. The summed E-state index contributed by atoms with van der Waals surface area (Å²) in [6, 6.07) is 17.5. The Bertz CT molecular complexity index is 485. The van der Waals surface area contributed by atoms with Crippen LogP contribution in [0.5, 0.6) is 0 Å². The fourth-order valence-electron chi connectivity index (χ4n) is 2.02. The lowest BCUT2D eigenvalue weighted by atomic mass is 10.0. The summed E-state index contributed by atoms with van der Waals surface area (Å²) in [6.07, 6.45) is 1.18. The largest absolute Gasteiger partial charge is 0.313 e. The molecule has 0 aliphatic heterocycles. The van der Waals surface area contributed by atoms with Crippen LogP contribution in [0.3, 0.4) is 0 Å². The van der Waals surface area contributed by atoms with E-state index >= 15 is 0 Å². The van der Waals surface area contributed by atoms with E-state index in [2.05, 4.69) is 67.7 Å². The van der Waals surface area contributed by atoms with E-state index in [1.165, 1.54) is 28.7 Å². The Kier molecular flexibility index (Phi) is 4.54. The van der Waals surface area contributed by atoms with Crippen LogP contribution < -0.4 is 5.32 Å². The number of aryl methyl sites for hydroxylation is 1. The van der Waals surface area contributed by atoms with E-state index in [1.807, 2.05) is 0 Å². The van der Waals surface area contributed by atoms with Crippen molar-refractivity contribution in [3.8, 4) is 11.1 Å². The van der Waals surface area contributed by atoms with Crippen molar-refractivity contribution in [1.29, 1.82) is 0 Å². The van der Waals surface area contributed by atoms with Gasteiger partial charge in [-0.1, -0.05) is 55.0 Å². The van der Waals surface area contributed by atoms with Crippen molar-refractivity contribution in [2.45, 2.75) is 26.8 Å². The quantitative estimate of drug-likeness (QED) is 0.772. The third kappa shape index (κ3) is 3.44. The van der Waals surface area contributed by atoms with E-state index < -0.39 is 0 Å². The Balaban J connectivity index is 2.13. The van der Waals surface area contributed by atoms with E-state index in [0.29, 0.717) is 0 Å². The van der Waals surface area contributed by atoms with Crippen LogP contribution in [-0.2, 0) is 6.54 Å². The molecule has 18 heavy (non-hydrogen) atoms. The van der Waals surface area contributed by atoms with Gasteiger partial charge in [0.05, 0.1) is 0 Å². The molecule has 0 spiro atoms. The third-order valence-electron chi connectivity index (χ3n) is 3.07. The van der Waals surface area contributed by atoms with Crippen molar-refractivity contribution < 1.29 is 0 Å². The lowest BCUT2D eigenvalue weighted by Crippen LogP contribution is -2.13. The minimum atomic E-state index is 0.952. The highest BCUT2D eigenvalue weighted by Crippen LogP contribution is 2.20. The Labute approximate surface area is 110 Å². The zero-order valence-corrected chi connectivity index (χ0v) is 11.2. The van der Waals surface area contributed by atoms with Gasteiger partial charge in [-0.2, -0.15) is 0 Å². The molecule has 0 unspecified atom stereocenters. The highest BCUT2D eigenvalue weighted by atomic mass is 14.8. The molecule has 0 fully saturated rings. The maximum absolute atomic E-state index is 3.44. The van der Waals surface area contributed by atoms with Crippen LogP contribution in [0, 0.1) is 6.92 Å². The molecule has 2 rings (SSSR count). The molecule has 0 amide bonds. The smallest absolute Gasteiger partial charge is 0.0205 e. The molecule has 94 valence electrons. The Morgan fingerprint density at radius 2 is 1.72 bits per heavy atom. The molecule has 0 heterocycles. The van der Waals surface area contributed by atoms with Gasteiger partial charge in [0.25, 0.3) is 0 Å². The summed E-state index contributed by atoms with van der Waals surface area (Å²) in [7, 11) is 0. The standard InChI is InChI=1S/C17H21N/c1-3-11-18-13-15-5-4-6-17(12-15)16-9-7-14(2)8-10-16/h4-10,12,18H,3,11,13H2,1-2H3. The molecule has 0 aromatic heterocycles. The molecule has 1 heteroatoms. The normalized spacial score (nSPS) is 10.6. The fourth-order valence-corrected chi connectivity index (χ4v) is 2.02. The highest BCUT2D eigenvalue weighted by Gasteiger charge is 1.99. The van der Waals surface area contributed by atoms with E-state index in [1.54, 1.807) is 0 Å². The van der Waals surface area contributed by atoms with Crippen molar-refractivity contribution in [2.24, 2.45) is 0 Å². The maximum atomic E-state index is 3.44. The molecule has 1 nitrogen and oxygen atoms in total. The average Bonchev–Trinajstić information content (AvgIpc) is 2.40. The van der Waals surface area contributed by atoms with E-state index in [4.69, 9.17) is 0 Å². The molecule has 2 aromatic rings. The van der Waals surface area contributed by atoms with Crippen molar-refractivity contribution in [1.82, 2.24) is 5.32 Å². The Morgan fingerprint density at radius 3 is 2.44 bits per heavy atom. The summed E-state index contributed by atoms with van der Waals surface area (Å²) in [5, 5.41) is 3.44. The second kappa shape index (κ2) is 6.36. The maximum Gasteiger partial charge on any atom is 0.0205 e. The monoisotopic (exact) mass is 239 g/mol. The van der Waals surface area contributed by atoms with Crippen LogP contribution in [0.4, 0.5) is 0 Å². The number of benzene rings is 2. The second-order valence-electron chi connectivity index (χ2n) is 4.74. The van der Waals surface area contributed by atoms with Crippen LogP contribution in [0.25, 0.3) is 11.1 Å². The van der Waals surface area contributed by atoms with Crippen LogP contribution in [0.15, 0.2) is 48.5 Å². The molecular formula is C17H21N. The summed E-state index contributed by atoms with van der Waals surface area (Å²) in [5.74, 6) is 0. The molecule has 0 saturated heterocycles. The average molecular weight is 239 g/mol. The minimum absolute atomic E-state index is 0.952. The van der Waals surface area contributed by atoms with Gasteiger partial charge in [-0.15, -0.1) is 0 Å². The van der Waals surface area contributed by atoms with Crippen molar-refractivity contribution in [3.63, 3.8) is 0 Å². The van der Waals surface area contributed by atoms with Crippen molar-refractivity contribution in [3.05, 3.63) is 59.7 Å². The SMILES string of the molecule is CCCNCc1cccc(-c2ccc(C)cc2)c1. The van der Waals surface area contributed by atoms with Gasteiger partial charge in [0, 0.05) is 6.54 Å². The second-order valence-corrected chi connectivity index (χ2v) is 4.74. The first kappa shape index (κ1) is 12.8. The highest BCUT2D eigenvalue weighted by molar-refractivity contribution is 5.64.